The molecule has 0 spiro atoms. The van der Waals surface area contributed by atoms with Gasteiger partial charge in [0, 0.05) is 24.6 Å². The van der Waals surface area contributed by atoms with E-state index in [0.717, 1.165) is 27.3 Å². The first kappa shape index (κ1) is 15.9. The molecular weight excluding hydrogens is 316 g/mol. The normalized spacial score (nSPS) is 13.9. The van der Waals surface area contributed by atoms with E-state index in [1.807, 2.05) is 6.92 Å². The molecule has 0 atom stereocenters. The average Bonchev–Trinajstić information content (AvgIpc) is 2.93. The fraction of sp³-hybridized carbons (Fsp3) is 0.533. The third kappa shape index (κ3) is 3.23. The van der Waals surface area contributed by atoms with E-state index in [0.29, 0.717) is 32.7 Å². The summed E-state index contributed by atoms with van der Waals surface area (Å²) in [5.41, 5.74) is 1.22. The molecular formula is C15H20N4O3S. The number of aliphatic hydroxyl groups excluding tert-OH is 1. The lowest BCUT2D eigenvalue weighted by Gasteiger charge is -2.26. The third-order valence-electron chi connectivity index (χ3n) is 3.79. The Morgan fingerprint density at radius 3 is 3.17 bits per heavy atom. The van der Waals surface area contributed by atoms with E-state index in [4.69, 9.17) is 9.84 Å². The van der Waals surface area contributed by atoms with Crippen LogP contribution in [0.5, 0.6) is 0 Å². The number of aliphatic hydroxyl groups is 1. The Bertz CT molecular complexity index is 703. The second kappa shape index (κ2) is 7.10. The molecule has 2 N–H and O–H groups in total. The number of hydrogen-bond acceptors (Lipinski definition) is 7. The second-order valence-corrected chi connectivity index (χ2v) is 6.36. The van der Waals surface area contributed by atoms with Crippen LogP contribution in [0, 0.1) is 0 Å². The molecule has 0 saturated heterocycles. The van der Waals surface area contributed by atoms with E-state index in [9.17, 15) is 4.79 Å². The van der Waals surface area contributed by atoms with Crippen LogP contribution in [-0.2, 0) is 17.7 Å². The van der Waals surface area contributed by atoms with Crippen molar-refractivity contribution in [3.63, 3.8) is 0 Å². The van der Waals surface area contributed by atoms with Gasteiger partial charge in [-0.05, 0) is 25.3 Å². The number of anilines is 1. The molecule has 1 aliphatic heterocycles. The van der Waals surface area contributed by atoms with Gasteiger partial charge < -0.3 is 20.1 Å². The summed E-state index contributed by atoms with van der Waals surface area (Å²) in [6.45, 7) is 4.22. The van der Waals surface area contributed by atoms with Crippen LogP contribution in [0.15, 0.2) is 6.33 Å². The molecule has 1 amide bonds. The standard InChI is InChI=1S/C15H20N4O3S/c1-2-22-15(21)19-6-4-10-11(8-19)23-14-12(10)13(17-9-18-14)16-5-3-7-20/h9,20H,2-8H2,1H3,(H,16,17,18). The zero-order valence-corrected chi connectivity index (χ0v) is 13.9. The van der Waals surface area contributed by atoms with Gasteiger partial charge in [-0.1, -0.05) is 0 Å². The van der Waals surface area contributed by atoms with Crippen molar-refractivity contribution in [1.82, 2.24) is 14.9 Å². The Labute approximate surface area is 138 Å². The van der Waals surface area contributed by atoms with E-state index in [1.165, 1.54) is 5.56 Å². The van der Waals surface area contributed by atoms with Gasteiger partial charge >= 0.3 is 6.09 Å². The zero-order chi connectivity index (χ0) is 16.2. The summed E-state index contributed by atoms with van der Waals surface area (Å²) in [7, 11) is 0. The van der Waals surface area contributed by atoms with Crippen LogP contribution in [0.4, 0.5) is 10.6 Å². The van der Waals surface area contributed by atoms with Gasteiger partial charge in [-0.2, -0.15) is 0 Å². The lowest BCUT2D eigenvalue weighted by molar-refractivity contribution is 0.103. The van der Waals surface area contributed by atoms with Crippen LogP contribution in [0.2, 0.25) is 0 Å². The molecule has 2 aromatic rings. The SMILES string of the molecule is CCOC(=O)N1CCc2c(sc3ncnc(NCCCO)c23)C1. The van der Waals surface area contributed by atoms with Crippen molar-refractivity contribution in [2.75, 3.05) is 31.6 Å². The van der Waals surface area contributed by atoms with Gasteiger partial charge in [-0.3, -0.25) is 0 Å². The quantitative estimate of drug-likeness (QED) is 0.812. The number of aromatic nitrogens is 2. The van der Waals surface area contributed by atoms with E-state index in [1.54, 1.807) is 22.6 Å². The maximum absolute atomic E-state index is 11.9. The molecule has 124 valence electrons. The molecule has 0 aliphatic carbocycles. The van der Waals surface area contributed by atoms with Gasteiger partial charge in [0.2, 0.25) is 0 Å². The summed E-state index contributed by atoms with van der Waals surface area (Å²) in [4.78, 5) is 24.4. The fourth-order valence-electron chi connectivity index (χ4n) is 2.72. The number of ether oxygens (including phenoxy) is 1. The molecule has 0 saturated carbocycles. The predicted octanol–water partition coefficient (Wildman–Crippen LogP) is 2.00. The number of carbonyl (C=O) groups is 1. The number of fused-ring (bicyclic) bond motifs is 3. The van der Waals surface area contributed by atoms with E-state index >= 15 is 0 Å². The number of nitrogens with one attached hydrogen (secondary N) is 1. The van der Waals surface area contributed by atoms with Gasteiger partial charge in [-0.25, -0.2) is 14.8 Å². The zero-order valence-electron chi connectivity index (χ0n) is 13.0. The Morgan fingerprint density at radius 1 is 1.52 bits per heavy atom. The number of amides is 1. The molecule has 0 bridgehead atoms. The number of carbonyl (C=O) groups excluding carboxylic acids is 1. The highest BCUT2D eigenvalue weighted by molar-refractivity contribution is 7.19. The number of thiophene rings is 1. The minimum Gasteiger partial charge on any atom is -0.450 e. The van der Waals surface area contributed by atoms with Crippen LogP contribution >= 0.6 is 11.3 Å². The molecule has 23 heavy (non-hydrogen) atoms. The highest BCUT2D eigenvalue weighted by Gasteiger charge is 2.26. The van der Waals surface area contributed by atoms with Gasteiger partial charge in [0.05, 0.1) is 18.5 Å². The lowest BCUT2D eigenvalue weighted by atomic mass is 10.1. The van der Waals surface area contributed by atoms with Crippen molar-refractivity contribution in [1.29, 1.82) is 0 Å². The van der Waals surface area contributed by atoms with Crippen molar-refractivity contribution in [3.8, 4) is 0 Å². The first-order chi connectivity index (χ1) is 11.2. The van der Waals surface area contributed by atoms with Crippen LogP contribution in [0.25, 0.3) is 10.2 Å². The monoisotopic (exact) mass is 336 g/mol. The van der Waals surface area contributed by atoms with Crippen molar-refractivity contribution in [3.05, 3.63) is 16.8 Å². The van der Waals surface area contributed by atoms with Gasteiger partial charge in [0.15, 0.2) is 0 Å². The molecule has 0 unspecified atom stereocenters. The molecule has 0 fully saturated rings. The Morgan fingerprint density at radius 2 is 2.39 bits per heavy atom. The highest BCUT2D eigenvalue weighted by atomic mass is 32.1. The molecule has 7 nitrogen and oxygen atoms in total. The Hall–Kier alpha value is -1.93. The molecule has 0 radical (unpaired) electrons. The largest absolute Gasteiger partial charge is 0.450 e. The maximum Gasteiger partial charge on any atom is 0.410 e. The summed E-state index contributed by atoms with van der Waals surface area (Å²) in [6, 6.07) is 0. The summed E-state index contributed by atoms with van der Waals surface area (Å²) in [5, 5.41) is 13.2. The van der Waals surface area contributed by atoms with E-state index in [-0.39, 0.29) is 12.7 Å². The molecule has 1 aliphatic rings. The number of rotatable bonds is 5. The summed E-state index contributed by atoms with van der Waals surface area (Å²) in [5.74, 6) is 0.811. The van der Waals surface area contributed by atoms with Gasteiger partial charge in [-0.15, -0.1) is 11.3 Å². The van der Waals surface area contributed by atoms with Crippen LogP contribution in [0.1, 0.15) is 23.8 Å². The van der Waals surface area contributed by atoms with Crippen molar-refractivity contribution in [2.24, 2.45) is 0 Å². The van der Waals surface area contributed by atoms with Crippen molar-refractivity contribution in [2.45, 2.75) is 26.3 Å². The summed E-state index contributed by atoms with van der Waals surface area (Å²) in [6.07, 6.45) is 2.74. The lowest BCUT2D eigenvalue weighted by Crippen LogP contribution is -2.35. The molecule has 2 aromatic heterocycles. The number of hydrogen-bond donors (Lipinski definition) is 2. The van der Waals surface area contributed by atoms with Crippen molar-refractivity contribution < 1.29 is 14.6 Å². The average molecular weight is 336 g/mol. The van der Waals surface area contributed by atoms with Gasteiger partial charge in [0.1, 0.15) is 17.0 Å². The van der Waals surface area contributed by atoms with Crippen LogP contribution < -0.4 is 5.32 Å². The van der Waals surface area contributed by atoms with Gasteiger partial charge in [0.25, 0.3) is 0 Å². The fourth-order valence-corrected chi connectivity index (χ4v) is 3.92. The summed E-state index contributed by atoms with van der Waals surface area (Å²) < 4.78 is 5.09. The van der Waals surface area contributed by atoms with E-state index < -0.39 is 0 Å². The van der Waals surface area contributed by atoms with Crippen LogP contribution in [0.3, 0.4) is 0 Å². The Balaban J connectivity index is 1.87. The molecule has 3 rings (SSSR count). The first-order valence-corrected chi connectivity index (χ1v) is 8.58. The second-order valence-electron chi connectivity index (χ2n) is 5.28. The topological polar surface area (TPSA) is 87.6 Å². The number of nitrogens with zero attached hydrogens (tertiary/aromatic N) is 3. The highest BCUT2D eigenvalue weighted by Crippen LogP contribution is 2.37. The predicted molar refractivity (Wildman–Crippen MR) is 88.7 cm³/mol. The minimum atomic E-state index is -0.261. The maximum atomic E-state index is 11.9. The van der Waals surface area contributed by atoms with Crippen LogP contribution in [-0.4, -0.2) is 52.4 Å². The molecule has 3 heterocycles. The Kier molecular flexibility index (Phi) is 4.92. The third-order valence-corrected chi connectivity index (χ3v) is 4.92. The molecule has 8 heteroatoms. The minimum absolute atomic E-state index is 0.150. The van der Waals surface area contributed by atoms with Crippen molar-refractivity contribution >= 4 is 33.5 Å². The van der Waals surface area contributed by atoms with E-state index in [2.05, 4.69) is 15.3 Å². The molecule has 0 aromatic carbocycles. The smallest absolute Gasteiger partial charge is 0.410 e. The first-order valence-electron chi connectivity index (χ1n) is 7.76. The summed E-state index contributed by atoms with van der Waals surface area (Å²) >= 11 is 1.60.